The number of ether oxygens (including phenoxy) is 3. The third-order valence-corrected chi connectivity index (χ3v) is 6.47. The summed E-state index contributed by atoms with van der Waals surface area (Å²) in [5, 5.41) is 19.5. The first kappa shape index (κ1) is 39.8. The molecule has 0 bridgehead atoms. The average Bonchev–Trinajstić information content (AvgIpc) is 2.97. The Labute approximate surface area is 282 Å². The van der Waals surface area contributed by atoms with Crippen LogP contribution in [0.2, 0.25) is 0 Å². The Morgan fingerprint density at radius 1 is 0.532 bits per heavy atom. The van der Waals surface area contributed by atoms with Crippen molar-refractivity contribution in [1.82, 2.24) is 31.9 Å². The molecule has 0 aliphatic rings. The first-order valence-electron chi connectivity index (χ1n) is 17.0. The fourth-order valence-electron chi connectivity index (χ4n) is 4.44. The summed E-state index contributed by atoms with van der Waals surface area (Å²) < 4.78 is 16.7. The monoisotopic (exact) mass is 656 g/mol. The number of amides is 2. The van der Waals surface area contributed by atoms with Crippen molar-refractivity contribution in [3.05, 3.63) is 59.7 Å². The van der Waals surface area contributed by atoms with E-state index in [1.807, 2.05) is 71.9 Å². The Kier molecular flexibility index (Phi) is 18.8. The lowest BCUT2D eigenvalue weighted by Crippen LogP contribution is -2.34. The van der Waals surface area contributed by atoms with E-state index in [-0.39, 0.29) is 12.2 Å². The van der Waals surface area contributed by atoms with E-state index in [1.54, 1.807) is 0 Å². The molecule has 0 heterocycles. The van der Waals surface area contributed by atoms with Crippen LogP contribution in [-0.4, -0.2) is 75.7 Å². The second-order valence-electron chi connectivity index (χ2n) is 13.5. The van der Waals surface area contributed by atoms with Gasteiger partial charge in [-0.15, -0.1) is 0 Å². The topological polar surface area (TPSA) is 134 Å². The van der Waals surface area contributed by atoms with Crippen LogP contribution in [0.25, 0.3) is 0 Å². The summed E-state index contributed by atoms with van der Waals surface area (Å²) in [4.78, 5) is 23.4. The Morgan fingerprint density at radius 3 is 1.36 bits per heavy atom. The lowest BCUT2D eigenvalue weighted by atomic mass is 10.1. The molecule has 0 aliphatic carbocycles. The van der Waals surface area contributed by atoms with Crippen molar-refractivity contribution < 1.29 is 23.8 Å². The van der Waals surface area contributed by atoms with Crippen molar-refractivity contribution in [2.75, 3.05) is 52.4 Å². The molecule has 11 heteroatoms. The molecule has 0 radical (unpaired) electrons. The molecule has 11 nitrogen and oxygen atoms in total. The molecule has 0 unspecified atom stereocenters. The maximum atomic E-state index is 11.7. The highest BCUT2D eigenvalue weighted by Gasteiger charge is 2.16. The van der Waals surface area contributed by atoms with Crippen molar-refractivity contribution >= 4 is 12.2 Å². The maximum Gasteiger partial charge on any atom is 0.407 e. The van der Waals surface area contributed by atoms with Crippen molar-refractivity contribution in [3.63, 3.8) is 0 Å². The number of hydrogen-bond acceptors (Lipinski definition) is 9. The number of carbonyl (C=O) groups is 2. The number of nitrogens with one attached hydrogen (secondary N) is 6. The van der Waals surface area contributed by atoms with E-state index in [0.29, 0.717) is 13.1 Å². The first-order chi connectivity index (χ1) is 22.4. The number of para-hydroxylation sites is 1. The van der Waals surface area contributed by atoms with Gasteiger partial charge < -0.3 is 46.1 Å². The highest BCUT2D eigenvalue weighted by atomic mass is 16.6. The van der Waals surface area contributed by atoms with Crippen molar-refractivity contribution in [1.29, 1.82) is 0 Å². The van der Waals surface area contributed by atoms with Gasteiger partial charge in [0.2, 0.25) is 0 Å². The fraction of sp³-hybridized carbons (Fsp3) is 0.611. The lowest BCUT2D eigenvalue weighted by molar-refractivity contribution is 0.0515. The molecule has 264 valence electrons. The van der Waals surface area contributed by atoms with Crippen molar-refractivity contribution in [2.45, 2.75) is 91.5 Å². The average molecular weight is 657 g/mol. The number of hydrogen-bond donors (Lipinski definition) is 6. The number of benzene rings is 2. The number of rotatable bonds is 22. The minimum Gasteiger partial charge on any atom is -0.457 e. The van der Waals surface area contributed by atoms with Gasteiger partial charge in [0.1, 0.15) is 22.7 Å². The Bertz CT molecular complexity index is 1080. The largest absolute Gasteiger partial charge is 0.457 e. The quantitative estimate of drug-likeness (QED) is 0.0916. The van der Waals surface area contributed by atoms with Gasteiger partial charge in [-0.2, -0.15) is 0 Å². The number of carbonyl (C=O) groups excluding carboxylic acids is 2. The van der Waals surface area contributed by atoms with Crippen molar-refractivity contribution in [3.8, 4) is 11.5 Å². The number of alkyl carbamates (subject to hydrolysis) is 2. The van der Waals surface area contributed by atoms with Gasteiger partial charge in [-0.05, 0) is 142 Å². The van der Waals surface area contributed by atoms with Gasteiger partial charge in [0, 0.05) is 26.2 Å². The van der Waals surface area contributed by atoms with E-state index >= 15 is 0 Å². The zero-order valence-electron chi connectivity index (χ0n) is 29.6. The summed E-state index contributed by atoms with van der Waals surface area (Å²) in [5.74, 6) is 1.65. The van der Waals surface area contributed by atoms with Gasteiger partial charge in [0.05, 0.1) is 0 Å². The Hall–Kier alpha value is -3.38. The third-order valence-electron chi connectivity index (χ3n) is 6.47. The summed E-state index contributed by atoms with van der Waals surface area (Å²) in [6, 6.07) is 16.3. The summed E-state index contributed by atoms with van der Waals surface area (Å²) >= 11 is 0. The van der Waals surface area contributed by atoms with Gasteiger partial charge in [-0.1, -0.05) is 24.3 Å². The smallest absolute Gasteiger partial charge is 0.407 e. The van der Waals surface area contributed by atoms with E-state index in [1.165, 1.54) is 11.1 Å². The molecule has 2 aromatic carbocycles. The molecule has 0 aromatic heterocycles. The van der Waals surface area contributed by atoms with E-state index in [9.17, 15) is 9.59 Å². The standard InChI is InChI=1S/C36H60N6O5/c1-35(2,3)46-33(43)41-22-12-18-37-16-10-20-39-27-29-24-30(26-32(25-29)45-31-14-8-7-9-15-31)28-40-21-11-17-38-19-13-23-42-34(44)47-36(4,5)6/h7-9,14-15,24-26,37-40H,10-13,16-23,27-28H2,1-6H3,(H,41,43)(H,42,44). The van der Waals surface area contributed by atoms with Crippen LogP contribution in [0.1, 0.15) is 78.4 Å². The predicted octanol–water partition coefficient (Wildman–Crippen LogP) is 5.45. The molecule has 0 spiro atoms. The van der Waals surface area contributed by atoms with Crippen LogP contribution in [0, 0.1) is 0 Å². The maximum absolute atomic E-state index is 11.7. The predicted molar refractivity (Wildman–Crippen MR) is 189 cm³/mol. The van der Waals surface area contributed by atoms with Gasteiger partial charge >= 0.3 is 12.2 Å². The van der Waals surface area contributed by atoms with E-state index < -0.39 is 11.2 Å². The molecule has 0 saturated heterocycles. The van der Waals surface area contributed by atoms with Crippen LogP contribution in [0.3, 0.4) is 0 Å². The highest BCUT2D eigenvalue weighted by Crippen LogP contribution is 2.24. The zero-order chi connectivity index (χ0) is 34.4. The second kappa shape index (κ2) is 22.2. The highest BCUT2D eigenvalue weighted by molar-refractivity contribution is 5.67. The molecule has 0 saturated carbocycles. The molecule has 6 N–H and O–H groups in total. The van der Waals surface area contributed by atoms with Gasteiger partial charge in [-0.3, -0.25) is 0 Å². The first-order valence-corrected chi connectivity index (χ1v) is 17.0. The molecule has 2 aromatic rings. The summed E-state index contributed by atoms with van der Waals surface area (Å²) in [6.07, 6.45) is 2.97. The Morgan fingerprint density at radius 2 is 0.936 bits per heavy atom. The van der Waals surface area contributed by atoms with Crippen LogP contribution in [0.4, 0.5) is 9.59 Å². The molecule has 2 amide bonds. The summed E-state index contributed by atoms with van der Waals surface area (Å²) in [7, 11) is 0. The molecule has 47 heavy (non-hydrogen) atoms. The molecule has 0 fully saturated rings. The molecular formula is C36H60N6O5. The fourth-order valence-corrected chi connectivity index (χ4v) is 4.44. The van der Waals surface area contributed by atoms with Gasteiger partial charge in [0.25, 0.3) is 0 Å². The summed E-state index contributed by atoms with van der Waals surface area (Å²) in [6.45, 7) is 19.1. The van der Waals surface area contributed by atoms with Gasteiger partial charge in [-0.25, -0.2) is 9.59 Å². The lowest BCUT2D eigenvalue weighted by Gasteiger charge is -2.19. The van der Waals surface area contributed by atoms with E-state index in [4.69, 9.17) is 14.2 Å². The van der Waals surface area contributed by atoms with E-state index in [0.717, 1.165) is 89.5 Å². The molecule has 0 aliphatic heterocycles. The van der Waals surface area contributed by atoms with Crippen LogP contribution in [0.15, 0.2) is 48.5 Å². The molecule has 0 atom stereocenters. The minimum atomic E-state index is -0.477. The van der Waals surface area contributed by atoms with Crippen LogP contribution in [0.5, 0.6) is 11.5 Å². The minimum absolute atomic E-state index is 0.370. The Balaban J connectivity index is 1.65. The van der Waals surface area contributed by atoms with Crippen LogP contribution < -0.4 is 36.6 Å². The SMILES string of the molecule is CC(C)(C)OC(=O)NCCCNCCCNCc1cc(CNCCCNCCCNC(=O)OC(C)(C)C)cc(Oc2ccccc2)c1. The molecule has 2 rings (SSSR count). The van der Waals surface area contributed by atoms with Crippen LogP contribution in [-0.2, 0) is 22.6 Å². The van der Waals surface area contributed by atoms with E-state index in [2.05, 4.69) is 50.1 Å². The van der Waals surface area contributed by atoms with Crippen molar-refractivity contribution in [2.24, 2.45) is 0 Å². The third kappa shape index (κ3) is 21.9. The molecular weight excluding hydrogens is 596 g/mol. The van der Waals surface area contributed by atoms with Crippen LogP contribution >= 0.6 is 0 Å². The zero-order valence-corrected chi connectivity index (χ0v) is 29.6. The second-order valence-corrected chi connectivity index (χ2v) is 13.5. The summed E-state index contributed by atoms with van der Waals surface area (Å²) in [5.41, 5.74) is 1.40. The van der Waals surface area contributed by atoms with Gasteiger partial charge in [0.15, 0.2) is 0 Å². The normalized spacial score (nSPS) is 11.6.